The zero-order valence-electron chi connectivity index (χ0n) is 14.4. The minimum absolute atomic E-state index is 0.0378. The van der Waals surface area contributed by atoms with Gasteiger partial charge >= 0.3 is 0 Å². The number of aryl methyl sites for hydroxylation is 1. The monoisotopic (exact) mass is 424 g/mol. The first-order valence-electron chi connectivity index (χ1n) is 8.41. The van der Waals surface area contributed by atoms with Crippen molar-refractivity contribution in [2.75, 3.05) is 24.2 Å². The van der Waals surface area contributed by atoms with Gasteiger partial charge in [0.2, 0.25) is 11.8 Å². The van der Waals surface area contributed by atoms with Gasteiger partial charge in [-0.25, -0.2) is 0 Å². The topological polar surface area (TPSA) is 67.4 Å². The number of ether oxygens (including phenoxy) is 1. The van der Waals surface area contributed by atoms with Crippen molar-refractivity contribution in [2.45, 2.75) is 17.7 Å². The summed E-state index contributed by atoms with van der Waals surface area (Å²) in [6, 6.07) is 10.7. The maximum absolute atomic E-state index is 11.9. The molecule has 0 fully saturated rings. The standard InChI is InChI=1S/C19H18Cl2N2O3S/c20-13-2-4-15(21)17(10-13)27-11-19(25)22-7-8-26-14-3-5-16-12(9-14)1-6-18(24)23-16/h2-5,9-10H,1,6-8,11H2,(H,22,25)(H,23,24). The smallest absolute Gasteiger partial charge is 0.230 e. The lowest BCUT2D eigenvalue weighted by Crippen LogP contribution is -2.29. The van der Waals surface area contributed by atoms with Gasteiger partial charge in [-0.2, -0.15) is 0 Å². The van der Waals surface area contributed by atoms with Crippen molar-refractivity contribution in [2.24, 2.45) is 0 Å². The third-order valence-corrected chi connectivity index (χ3v) is 5.65. The maximum Gasteiger partial charge on any atom is 0.230 e. The maximum atomic E-state index is 11.9. The summed E-state index contributed by atoms with van der Waals surface area (Å²) >= 11 is 13.3. The fraction of sp³-hybridized carbons (Fsp3) is 0.263. The van der Waals surface area contributed by atoms with Gasteiger partial charge in [-0.15, -0.1) is 11.8 Å². The van der Waals surface area contributed by atoms with E-state index in [-0.39, 0.29) is 17.6 Å². The van der Waals surface area contributed by atoms with Gasteiger partial charge in [0.15, 0.2) is 0 Å². The first kappa shape index (κ1) is 19.9. The van der Waals surface area contributed by atoms with Crippen LogP contribution in [-0.2, 0) is 16.0 Å². The van der Waals surface area contributed by atoms with E-state index >= 15 is 0 Å². The van der Waals surface area contributed by atoms with Gasteiger partial charge in [0, 0.05) is 22.0 Å². The Morgan fingerprint density at radius 3 is 2.89 bits per heavy atom. The molecule has 0 aliphatic carbocycles. The molecule has 1 aliphatic heterocycles. The normalized spacial score (nSPS) is 12.9. The van der Waals surface area contributed by atoms with Crippen LogP contribution in [-0.4, -0.2) is 30.7 Å². The van der Waals surface area contributed by atoms with Gasteiger partial charge < -0.3 is 15.4 Å². The van der Waals surface area contributed by atoms with E-state index in [1.807, 2.05) is 18.2 Å². The zero-order valence-corrected chi connectivity index (χ0v) is 16.7. The Labute approximate surface area is 171 Å². The van der Waals surface area contributed by atoms with E-state index in [4.69, 9.17) is 27.9 Å². The summed E-state index contributed by atoms with van der Waals surface area (Å²) in [5, 5.41) is 6.80. The average molecular weight is 425 g/mol. The van der Waals surface area contributed by atoms with Crippen LogP contribution in [0.4, 0.5) is 5.69 Å². The number of halogens is 2. The molecule has 8 heteroatoms. The Bertz CT molecular complexity index is 861. The fourth-order valence-corrected chi connectivity index (χ4v) is 3.91. The molecular weight excluding hydrogens is 407 g/mol. The van der Waals surface area contributed by atoms with E-state index in [1.165, 1.54) is 11.8 Å². The van der Waals surface area contributed by atoms with Crippen LogP contribution in [0.15, 0.2) is 41.3 Å². The van der Waals surface area contributed by atoms with Gasteiger partial charge in [0.05, 0.1) is 17.3 Å². The summed E-state index contributed by atoms with van der Waals surface area (Å²) in [5.41, 5.74) is 1.90. The summed E-state index contributed by atoms with van der Waals surface area (Å²) in [6.45, 7) is 0.760. The van der Waals surface area contributed by atoms with E-state index in [0.29, 0.717) is 36.0 Å². The summed E-state index contributed by atoms with van der Waals surface area (Å²) in [5.74, 6) is 0.904. The molecule has 2 aromatic rings. The molecule has 1 aliphatic rings. The number of thioether (sulfide) groups is 1. The molecule has 0 atom stereocenters. The molecule has 0 bridgehead atoms. The van der Waals surface area contributed by atoms with E-state index in [2.05, 4.69) is 10.6 Å². The molecule has 5 nitrogen and oxygen atoms in total. The quantitative estimate of drug-likeness (QED) is 0.516. The van der Waals surface area contributed by atoms with E-state index in [9.17, 15) is 9.59 Å². The van der Waals surface area contributed by atoms with Crippen LogP contribution in [0.3, 0.4) is 0 Å². The third-order valence-electron chi connectivity index (χ3n) is 3.92. The molecule has 142 valence electrons. The van der Waals surface area contributed by atoms with Crippen LogP contribution in [0.2, 0.25) is 10.0 Å². The van der Waals surface area contributed by atoms with Gasteiger partial charge in [0.1, 0.15) is 12.4 Å². The van der Waals surface area contributed by atoms with Crippen molar-refractivity contribution in [1.29, 1.82) is 0 Å². The molecule has 0 saturated carbocycles. The second-order valence-corrected chi connectivity index (χ2v) is 7.79. The molecule has 0 spiro atoms. The Hall–Kier alpha value is -1.89. The fourth-order valence-electron chi connectivity index (χ4n) is 2.59. The second kappa shape index (κ2) is 9.35. The van der Waals surface area contributed by atoms with Crippen LogP contribution in [0.5, 0.6) is 5.75 Å². The lowest BCUT2D eigenvalue weighted by atomic mass is 10.0. The van der Waals surface area contributed by atoms with Crippen LogP contribution in [0, 0.1) is 0 Å². The Morgan fingerprint density at radius 2 is 2.04 bits per heavy atom. The Balaban J connectivity index is 1.39. The van der Waals surface area contributed by atoms with Crippen molar-refractivity contribution in [3.05, 3.63) is 52.0 Å². The Morgan fingerprint density at radius 1 is 1.19 bits per heavy atom. The molecular formula is C19H18Cl2N2O3S. The molecule has 2 N–H and O–H groups in total. The van der Waals surface area contributed by atoms with Crippen molar-refractivity contribution < 1.29 is 14.3 Å². The lowest BCUT2D eigenvalue weighted by Gasteiger charge is -2.17. The highest BCUT2D eigenvalue weighted by molar-refractivity contribution is 8.00. The van der Waals surface area contributed by atoms with Crippen LogP contribution >= 0.6 is 35.0 Å². The van der Waals surface area contributed by atoms with E-state index in [0.717, 1.165) is 21.9 Å². The number of anilines is 1. The van der Waals surface area contributed by atoms with Crippen LogP contribution < -0.4 is 15.4 Å². The minimum Gasteiger partial charge on any atom is -0.492 e. The molecule has 0 radical (unpaired) electrons. The van der Waals surface area contributed by atoms with Gasteiger partial charge in [-0.1, -0.05) is 23.2 Å². The second-order valence-electron chi connectivity index (χ2n) is 5.93. The Kier molecular flexibility index (Phi) is 6.88. The van der Waals surface area contributed by atoms with Crippen molar-refractivity contribution in [3.63, 3.8) is 0 Å². The van der Waals surface area contributed by atoms with E-state index < -0.39 is 0 Å². The van der Waals surface area contributed by atoms with Crippen molar-refractivity contribution in [1.82, 2.24) is 5.32 Å². The molecule has 3 rings (SSSR count). The molecule has 0 saturated heterocycles. The predicted molar refractivity (Wildman–Crippen MR) is 109 cm³/mol. The van der Waals surface area contributed by atoms with Gasteiger partial charge in [-0.3, -0.25) is 9.59 Å². The molecule has 0 unspecified atom stereocenters. The summed E-state index contributed by atoms with van der Waals surface area (Å²) < 4.78 is 5.67. The van der Waals surface area contributed by atoms with Crippen molar-refractivity contribution in [3.8, 4) is 5.75 Å². The largest absolute Gasteiger partial charge is 0.492 e. The average Bonchev–Trinajstić information content (AvgIpc) is 2.66. The molecule has 27 heavy (non-hydrogen) atoms. The van der Waals surface area contributed by atoms with E-state index in [1.54, 1.807) is 18.2 Å². The number of hydrogen-bond donors (Lipinski definition) is 2. The van der Waals surface area contributed by atoms with Crippen LogP contribution in [0.1, 0.15) is 12.0 Å². The number of carbonyl (C=O) groups excluding carboxylic acids is 2. The van der Waals surface area contributed by atoms with Gasteiger partial charge in [0.25, 0.3) is 0 Å². The first-order chi connectivity index (χ1) is 13.0. The summed E-state index contributed by atoms with van der Waals surface area (Å²) in [4.78, 5) is 24.1. The summed E-state index contributed by atoms with van der Waals surface area (Å²) in [7, 11) is 0. The SMILES string of the molecule is O=C(CSc1cc(Cl)ccc1Cl)NCCOc1ccc2c(c1)CCC(=O)N2. The molecule has 2 aromatic carbocycles. The minimum atomic E-state index is -0.104. The molecule has 2 amide bonds. The highest BCUT2D eigenvalue weighted by Crippen LogP contribution is 2.29. The first-order valence-corrected chi connectivity index (χ1v) is 10.2. The molecule has 0 aromatic heterocycles. The number of carbonyl (C=O) groups is 2. The predicted octanol–water partition coefficient (Wildman–Crippen LogP) is 4.17. The summed E-state index contributed by atoms with van der Waals surface area (Å²) in [6.07, 6.45) is 1.19. The van der Waals surface area contributed by atoms with Crippen LogP contribution in [0.25, 0.3) is 0 Å². The highest BCUT2D eigenvalue weighted by atomic mass is 35.5. The van der Waals surface area contributed by atoms with Crippen molar-refractivity contribution >= 4 is 52.5 Å². The lowest BCUT2D eigenvalue weighted by molar-refractivity contribution is -0.118. The zero-order chi connectivity index (χ0) is 19.2. The third kappa shape index (κ3) is 5.79. The number of rotatable bonds is 7. The van der Waals surface area contributed by atoms with Gasteiger partial charge in [-0.05, 0) is 48.4 Å². The number of fused-ring (bicyclic) bond motifs is 1. The molecule has 1 heterocycles. The number of nitrogens with one attached hydrogen (secondary N) is 2. The number of amides is 2. The number of hydrogen-bond acceptors (Lipinski definition) is 4. The number of benzene rings is 2. The highest BCUT2D eigenvalue weighted by Gasteiger charge is 2.15.